The number of aliphatic hydroxyl groups excluding tert-OH is 1. The Hall–Kier alpha value is -2.08. The standard InChI is InChI=1S/C15H21N3O3/c16-14(17-21)11-5-7-12(8-6-11)15(20)18(9-2-10-19)13-3-1-4-13/h5-8,13,19,21H,1-4,9-10H2,(H2,16,17). The van der Waals surface area contributed by atoms with Crippen molar-refractivity contribution in [2.24, 2.45) is 10.9 Å². The number of aliphatic hydroxyl groups is 1. The number of benzene rings is 1. The summed E-state index contributed by atoms with van der Waals surface area (Å²) in [6.45, 7) is 0.654. The Kier molecular flexibility index (Phi) is 5.16. The molecular formula is C15H21N3O3. The maximum absolute atomic E-state index is 12.6. The molecule has 0 saturated heterocycles. The molecule has 1 aromatic rings. The average molecular weight is 291 g/mol. The quantitative estimate of drug-likeness (QED) is 0.317. The third-order valence-electron chi connectivity index (χ3n) is 3.87. The van der Waals surface area contributed by atoms with E-state index in [0.29, 0.717) is 24.1 Å². The van der Waals surface area contributed by atoms with Crippen LogP contribution >= 0.6 is 0 Å². The van der Waals surface area contributed by atoms with Gasteiger partial charge in [-0.05, 0) is 37.8 Å². The first kappa shape index (κ1) is 15.3. The first-order valence-electron chi connectivity index (χ1n) is 7.17. The van der Waals surface area contributed by atoms with Gasteiger partial charge in [-0.25, -0.2) is 0 Å². The molecule has 21 heavy (non-hydrogen) atoms. The van der Waals surface area contributed by atoms with E-state index in [0.717, 1.165) is 19.3 Å². The van der Waals surface area contributed by atoms with Crippen molar-refractivity contribution in [3.05, 3.63) is 35.4 Å². The van der Waals surface area contributed by atoms with Crippen molar-refractivity contribution < 1.29 is 15.1 Å². The van der Waals surface area contributed by atoms with E-state index in [1.165, 1.54) is 0 Å². The van der Waals surface area contributed by atoms with E-state index in [1.807, 2.05) is 4.90 Å². The van der Waals surface area contributed by atoms with Crippen LogP contribution in [0.25, 0.3) is 0 Å². The fourth-order valence-corrected chi connectivity index (χ4v) is 2.40. The van der Waals surface area contributed by atoms with Crippen LogP contribution in [-0.2, 0) is 0 Å². The molecule has 2 rings (SSSR count). The van der Waals surface area contributed by atoms with Crippen LogP contribution in [0.15, 0.2) is 29.4 Å². The molecule has 0 aromatic heterocycles. The summed E-state index contributed by atoms with van der Waals surface area (Å²) in [5, 5.41) is 20.5. The van der Waals surface area contributed by atoms with Crippen LogP contribution in [0.4, 0.5) is 0 Å². The summed E-state index contributed by atoms with van der Waals surface area (Å²) in [7, 11) is 0. The predicted molar refractivity (Wildman–Crippen MR) is 79.3 cm³/mol. The Morgan fingerprint density at radius 3 is 2.38 bits per heavy atom. The molecule has 1 aromatic carbocycles. The van der Waals surface area contributed by atoms with Gasteiger partial charge in [0.15, 0.2) is 5.84 Å². The van der Waals surface area contributed by atoms with Gasteiger partial charge in [0.05, 0.1) is 0 Å². The lowest BCUT2D eigenvalue weighted by Crippen LogP contribution is -2.45. The third-order valence-corrected chi connectivity index (χ3v) is 3.87. The minimum absolute atomic E-state index is 0.0186. The van der Waals surface area contributed by atoms with Gasteiger partial charge in [-0.2, -0.15) is 0 Å². The van der Waals surface area contributed by atoms with E-state index in [2.05, 4.69) is 5.16 Å². The highest BCUT2D eigenvalue weighted by Gasteiger charge is 2.28. The van der Waals surface area contributed by atoms with E-state index in [-0.39, 0.29) is 24.4 Å². The molecule has 0 bridgehead atoms. The Morgan fingerprint density at radius 2 is 1.90 bits per heavy atom. The number of nitrogens with zero attached hydrogens (tertiary/aromatic N) is 2. The average Bonchev–Trinajstić information content (AvgIpc) is 2.48. The van der Waals surface area contributed by atoms with Crippen LogP contribution in [0.1, 0.15) is 41.6 Å². The lowest BCUT2D eigenvalue weighted by atomic mass is 9.90. The highest BCUT2D eigenvalue weighted by molar-refractivity contribution is 5.99. The minimum Gasteiger partial charge on any atom is -0.409 e. The zero-order valence-corrected chi connectivity index (χ0v) is 11.9. The largest absolute Gasteiger partial charge is 0.409 e. The van der Waals surface area contributed by atoms with Gasteiger partial charge < -0.3 is 20.9 Å². The molecule has 0 unspecified atom stereocenters. The van der Waals surface area contributed by atoms with Gasteiger partial charge in [0.1, 0.15) is 0 Å². The molecule has 6 heteroatoms. The second-order valence-electron chi connectivity index (χ2n) is 5.22. The molecule has 1 fully saturated rings. The topological polar surface area (TPSA) is 99.2 Å². The molecule has 114 valence electrons. The van der Waals surface area contributed by atoms with Crippen molar-refractivity contribution in [3.8, 4) is 0 Å². The van der Waals surface area contributed by atoms with Gasteiger partial charge in [0.2, 0.25) is 0 Å². The second kappa shape index (κ2) is 7.08. The number of amides is 1. The number of carbonyl (C=O) groups excluding carboxylic acids is 1. The summed E-state index contributed by atoms with van der Waals surface area (Å²) < 4.78 is 0. The van der Waals surface area contributed by atoms with Crippen molar-refractivity contribution in [2.45, 2.75) is 31.7 Å². The van der Waals surface area contributed by atoms with E-state index < -0.39 is 0 Å². The van der Waals surface area contributed by atoms with Crippen LogP contribution in [0, 0.1) is 0 Å². The third kappa shape index (κ3) is 3.52. The molecule has 1 aliphatic rings. The van der Waals surface area contributed by atoms with Gasteiger partial charge in [-0.15, -0.1) is 0 Å². The summed E-state index contributed by atoms with van der Waals surface area (Å²) in [6, 6.07) is 6.97. The number of rotatable bonds is 6. The molecule has 0 spiro atoms. The summed E-state index contributed by atoms with van der Waals surface area (Å²) in [5.41, 5.74) is 6.65. The van der Waals surface area contributed by atoms with Gasteiger partial charge in [-0.1, -0.05) is 17.3 Å². The zero-order chi connectivity index (χ0) is 15.2. The SMILES string of the molecule is N/C(=N/O)c1ccc(C(=O)N(CCCO)C2CCC2)cc1. The van der Waals surface area contributed by atoms with Crippen LogP contribution in [-0.4, -0.2) is 46.1 Å². The summed E-state index contributed by atoms with van der Waals surface area (Å²) >= 11 is 0. The van der Waals surface area contributed by atoms with Crippen molar-refractivity contribution in [3.63, 3.8) is 0 Å². The molecule has 0 radical (unpaired) electrons. The molecule has 6 nitrogen and oxygen atoms in total. The van der Waals surface area contributed by atoms with Gasteiger partial charge in [0.25, 0.3) is 5.91 Å². The van der Waals surface area contributed by atoms with Crippen molar-refractivity contribution in [2.75, 3.05) is 13.2 Å². The van der Waals surface area contributed by atoms with Crippen molar-refractivity contribution in [1.82, 2.24) is 4.90 Å². The van der Waals surface area contributed by atoms with E-state index >= 15 is 0 Å². The Labute approximate surface area is 123 Å². The highest BCUT2D eigenvalue weighted by Crippen LogP contribution is 2.26. The van der Waals surface area contributed by atoms with Crippen LogP contribution in [0.2, 0.25) is 0 Å². The molecule has 4 N–H and O–H groups in total. The number of oxime groups is 1. The summed E-state index contributed by atoms with van der Waals surface area (Å²) in [4.78, 5) is 14.4. The van der Waals surface area contributed by atoms with E-state index in [4.69, 9.17) is 16.0 Å². The summed E-state index contributed by atoms with van der Waals surface area (Å²) in [6.07, 6.45) is 3.79. The van der Waals surface area contributed by atoms with Crippen LogP contribution in [0.5, 0.6) is 0 Å². The monoisotopic (exact) mass is 291 g/mol. The fourth-order valence-electron chi connectivity index (χ4n) is 2.40. The first-order valence-corrected chi connectivity index (χ1v) is 7.17. The lowest BCUT2D eigenvalue weighted by Gasteiger charge is -2.37. The van der Waals surface area contributed by atoms with Gasteiger partial charge in [-0.3, -0.25) is 4.79 Å². The Bertz CT molecular complexity index is 509. The number of nitrogens with two attached hydrogens (primary N) is 1. The molecule has 0 aliphatic heterocycles. The first-order chi connectivity index (χ1) is 10.2. The number of amidine groups is 1. The van der Waals surface area contributed by atoms with Gasteiger partial charge >= 0.3 is 0 Å². The van der Waals surface area contributed by atoms with Crippen LogP contribution in [0.3, 0.4) is 0 Å². The number of carbonyl (C=O) groups is 1. The summed E-state index contributed by atoms with van der Waals surface area (Å²) in [5.74, 6) is -0.00987. The Balaban J connectivity index is 2.12. The normalized spacial score (nSPS) is 15.6. The predicted octanol–water partition coefficient (Wildman–Crippen LogP) is 1.16. The molecule has 1 saturated carbocycles. The molecule has 0 heterocycles. The minimum atomic E-state index is -0.0285. The number of hydrogen-bond acceptors (Lipinski definition) is 4. The van der Waals surface area contributed by atoms with Gasteiger partial charge in [0, 0.05) is 30.3 Å². The number of hydrogen-bond donors (Lipinski definition) is 3. The van der Waals surface area contributed by atoms with Crippen molar-refractivity contribution >= 4 is 11.7 Å². The van der Waals surface area contributed by atoms with E-state index in [9.17, 15) is 4.79 Å². The molecule has 1 amide bonds. The molecule has 1 aliphatic carbocycles. The van der Waals surface area contributed by atoms with Crippen molar-refractivity contribution in [1.29, 1.82) is 0 Å². The van der Waals surface area contributed by atoms with Crippen LogP contribution < -0.4 is 5.73 Å². The van der Waals surface area contributed by atoms with E-state index in [1.54, 1.807) is 24.3 Å². The second-order valence-corrected chi connectivity index (χ2v) is 5.22. The Morgan fingerprint density at radius 1 is 1.29 bits per heavy atom. The fraction of sp³-hybridized carbons (Fsp3) is 0.467. The zero-order valence-electron chi connectivity index (χ0n) is 11.9. The maximum Gasteiger partial charge on any atom is 0.254 e. The maximum atomic E-state index is 12.6. The molecule has 0 atom stereocenters. The lowest BCUT2D eigenvalue weighted by molar-refractivity contribution is 0.0562. The highest BCUT2D eigenvalue weighted by atomic mass is 16.4. The smallest absolute Gasteiger partial charge is 0.254 e. The molecular weight excluding hydrogens is 270 g/mol.